The van der Waals surface area contributed by atoms with E-state index in [-0.39, 0.29) is 18.6 Å². The molecule has 14 heavy (non-hydrogen) atoms. The van der Waals surface area contributed by atoms with Gasteiger partial charge < -0.3 is 17.1 Å². The van der Waals surface area contributed by atoms with Crippen molar-refractivity contribution in [2.45, 2.75) is 27.0 Å². The molecule has 0 aliphatic carbocycles. The average molecular weight is 217 g/mol. The number of halogens is 1. The standard InChI is InChI=1S/C10H17N2O.ClH/c1-5-11-7-8-12(9(11)3)10(4)13-6-2;/h5,7-8,10H,1,6H2,2-4H3;1H/q+1;/p-1. The van der Waals surface area contributed by atoms with Gasteiger partial charge in [-0.2, -0.15) is 0 Å². The first-order valence-electron chi connectivity index (χ1n) is 4.53. The Morgan fingerprint density at radius 2 is 2.36 bits per heavy atom. The van der Waals surface area contributed by atoms with Crippen LogP contribution in [0.15, 0.2) is 19.0 Å². The third kappa shape index (κ3) is 2.59. The van der Waals surface area contributed by atoms with Crippen molar-refractivity contribution in [3.63, 3.8) is 0 Å². The lowest BCUT2D eigenvalue weighted by Gasteiger charge is -2.08. The smallest absolute Gasteiger partial charge is 0.260 e. The van der Waals surface area contributed by atoms with Crippen molar-refractivity contribution in [3.05, 3.63) is 24.8 Å². The molecule has 0 amide bonds. The summed E-state index contributed by atoms with van der Waals surface area (Å²) in [7, 11) is 0. The van der Waals surface area contributed by atoms with Crippen LogP contribution in [0.25, 0.3) is 6.20 Å². The Morgan fingerprint density at radius 3 is 2.79 bits per heavy atom. The summed E-state index contributed by atoms with van der Waals surface area (Å²) in [6.07, 6.45) is 5.84. The lowest BCUT2D eigenvalue weighted by Crippen LogP contribution is -3.00. The van der Waals surface area contributed by atoms with E-state index in [2.05, 4.69) is 11.1 Å². The van der Waals surface area contributed by atoms with E-state index in [1.807, 2.05) is 37.7 Å². The van der Waals surface area contributed by atoms with E-state index in [1.165, 1.54) is 0 Å². The van der Waals surface area contributed by atoms with Crippen LogP contribution < -0.4 is 17.0 Å². The highest BCUT2D eigenvalue weighted by Gasteiger charge is 2.15. The molecule has 0 spiro atoms. The molecule has 1 heterocycles. The molecule has 0 fully saturated rings. The van der Waals surface area contributed by atoms with Gasteiger partial charge in [0, 0.05) is 20.5 Å². The van der Waals surface area contributed by atoms with Crippen molar-refractivity contribution >= 4 is 6.20 Å². The third-order valence-electron chi connectivity index (χ3n) is 2.13. The van der Waals surface area contributed by atoms with Crippen LogP contribution in [-0.2, 0) is 4.74 Å². The molecule has 0 radical (unpaired) electrons. The number of rotatable bonds is 4. The zero-order chi connectivity index (χ0) is 9.84. The maximum atomic E-state index is 5.48. The van der Waals surface area contributed by atoms with Crippen LogP contribution in [0.3, 0.4) is 0 Å². The summed E-state index contributed by atoms with van der Waals surface area (Å²) in [4.78, 5) is 0. The molecule has 0 saturated carbocycles. The molecule has 4 heteroatoms. The highest BCUT2D eigenvalue weighted by molar-refractivity contribution is 5.16. The van der Waals surface area contributed by atoms with Gasteiger partial charge in [0.1, 0.15) is 12.4 Å². The summed E-state index contributed by atoms with van der Waals surface area (Å²) in [5.74, 6) is 1.12. The van der Waals surface area contributed by atoms with Gasteiger partial charge in [0.2, 0.25) is 0 Å². The molecule has 0 aliphatic heterocycles. The monoisotopic (exact) mass is 216 g/mol. The molecule has 1 unspecified atom stereocenters. The maximum Gasteiger partial charge on any atom is 0.260 e. The molecular weight excluding hydrogens is 200 g/mol. The van der Waals surface area contributed by atoms with Gasteiger partial charge in [-0.25, -0.2) is 9.13 Å². The maximum absolute atomic E-state index is 5.48. The number of ether oxygens (including phenoxy) is 1. The lowest BCUT2D eigenvalue weighted by molar-refractivity contribution is -0.762. The molecule has 0 bridgehead atoms. The third-order valence-corrected chi connectivity index (χ3v) is 2.13. The van der Waals surface area contributed by atoms with Crippen molar-refractivity contribution in [1.29, 1.82) is 0 Å². The Bertz CT molecular complexity index is 296. The normalized spacial score (nSPS) is 11.9. The van der Waals surface area contributed by atoms with Crippen LogP contribution >= 0.6 is 0 Å². The number of aromatic nitrogens is 2. The van der Waals surface area contributed by atoms with E-state index in [4.69, 9.17) is 4.74 Å². The minimum Gasteiger partial charge on any atom is -1.00 e. The minimum atomic E-state index is 0. The van der Waals surface area contributed by atoms with Crippen LogP contribution in [0.2, 0.25) is 0 Å². The van der Waals surface area contributed by atoms with E-state index in [1.54, 1.807) is 6.20 Å². The highest BCUT2D eigenvalue weighted by Crippen LogP contribution is 2.01. The van der Waals surface area contributed by atoms with E-state index < -0.39 is 0 Å². The van der Waals surface area contributed by atoms with Crippen molar-refractivity contribution in [2.75, 3.05) is 6.61 Å². The first-order valence-corrected chi connectivity index (χ1v) is 4.53. The molecule has 1 rings (SSSR count). The van der Waals surface area contributed by atoms with E-state index in [0.29, 0.717) is 0 Å². The number of hydrogen-bond acceptors (Lipinski definition) is 1. The first kappa shape index (κ1) is 13.2. The van der Waals surface area contributed by atoms with Crippen LogP contribution in [0.5, 0.6) is 0 Å². The fraction of sp³-hybridized carbons (Fsp3) is 0.500. The minimum absolute atomic E-state index is 0. The number of imidazole rings is 1. The van der Waals surface area contributed by atoms with Crippen molar-refractivity contribution in [3.8, 4) is 0 Å². The summed E-state index contributed by atoms with van der Waals surface area (Å²) in [5, 5.41) is 0. The quantitative estimate of drug-likeness (QED) is 0.575. The van der Waals surface area contributed by atoms with Crippen LogP contribution in [0.1, 0.15) is 25.9 Å². The zero-order valence-corrected chi connectivity index (χ0v) is 9.66. The summed E-state index contributed by atoms with van der Waals surface area (Å²) in [5.41, 5.74) is 0. The average Bonchev–Trinajstić information content (AvgIpc) is 2.47. The molecule has 1 atom stereocenters. The van der Waals surface area contributed by atoms with E-state index in [9.17, 15) is 0 Å². The van der Waals surface area contributed by atoms with Crippen LogP contribution in [-0.4, -0.2) is 11.2 Å². The van der Waals surface area contributed by atoms with Gasteiger partial charge in [0.25, 0.3) is 5.82 Å². The summed E-state index contributed by atoms with van der Waals surface area (Å²) >= 11 is 0. The fourth-order valence-corrected chi connectivity index (χ4v) is 1.39. The predicted octanol–water partition coefficient (Wildman–Crippen LogP) is -1.26. The first-order chi connectivity index (χ1) is 6.20. The molecule has 1 aromatic rings. The number of hydrogen-bond donors (Lipinski definition) is 0. The van der Waals surface area contributed by atoms with Crippen molar-refractivity contribution < 1.29 is 21.7 Å². The molecule has 80 valence electrons. The van der Waals surface area contributed by atoms with Gasteiger partial charge in [0.05, 0.1) is 6.20 Å². The molecule has 0 saturated heterocycles. The summed E-state index contributed by atoms with van der Waals surface area (Å²) in [6.45, 7) is 10.5. The Balaban J connectivity index is 0.00000169. The van der Waals surface area contributed by atoms with Gasteiger partial charge in [-0.05, 0) is 6.92 Å². The second-order valence-electron chi connectivity index (χ2n) is 2.90. The molecule has 1 aromatic heterocycles. The van der Waals surface area contributed by atoms with Gasteiger partial charge in [0.15, 0.2) is 6.23 Å². The summed E-state index contributed by atoms with van der Waals surface area (Å²) < 4.78 is 9.52. The van der Waals surface area contributed by atoms with E-state index >= 15 is 0 Å². The van der Waals surface area contributed by atoms with Gasteiger partial charge in [-0.15, -0.1) is 0 Å². The van der Waals surface area contributed by atoms with Gasteiger partial charge in [-0.1, -0.05) is 6.58 Å². The topological polar surface area (TPSA) is 18.0 Å². The Kier molecular flexibility index (Phi) is 5.50. The van der Waals surface area contributed by atoms with Gasteiger partial charge >= 0.3 is 0 Å². The summed E-state index contributed by atoms with van der Waals surface area (Å²) in [6, 6.07) is 0. The molecule has 3 nitrogen and oxygen atoms in total. The molecule has 0 aromatic carbocycles. The Morgan fingerprint density at radius 1 is 1.71 bits per heavy atom. The zero-order valence-electron chi connectivity index (χ0n) is 8.90. The number of nitrogens with zero attached hydrogens (tertiary/aromatic N) is 2. The predicted molar refractivity (Wildman–Crippen MR) is 52.1 cm³/mol. The molecule has 0 aliphatic rings. The Hall–Kier alpha value is -0.800. The molecular formula is C10H17ClN2O. The fourth-order valence-electron chi connectivity index (χ4n) is 1.39. The van der Waals surface area contributed by atoms with Crippen molar-refractivity contribution in [2.24, 2.45) is 0 Å². The van der Waals surface area contributed by atoms with Crippen LogP contribution in [0, 0.1) is 6.92 Å². The highest BCUT2D eigenvalue weighted by atomic mass is 35.5. The van der Waals surface area contributed by atoms with Crippen molar-refractivity contribution in [1.82, 2.24) is 4.57 Å². The second-order valence-corrected chi connectivity index (χ2v) is 2.90. The van der Waals surface area contributed by atoms with Crippen LogP contribution in [0.4, 0.5) is 0 Å². The largest absolute Gasteiger partial charge is 1.00 e. The van der Waals surface area contributed by atoms with Gasteiger partial charge in [-0.3, -0.25) is 0 Å². The molecule has 0 N–H and O–H groups in total. The second kappa shape index (κ2) is 5.83. The Labute approximate surface area is 91.4 Å². The van der Waals surface area contributed by atoms with E-state index in [0.717, 1.165) is 12.4 Å². The lowest BCUT2D eigenvalue weighted by atomic mass is 10.5. The SMILES string of the molecule is C=Cn1cc[n+](C(C)OCC)c1C.[Cl-].